The third-order valence-corrected chi connectivity index (χ3v) is 3.50. The molecule has 1 N–H and O–H groups in total. The molecule has 0 spiro atoms. The van der Waals surface area contributed by atoms with Crippen molar-refractivity contribution in [2.45, 2.75) is 27.2 Å². The lowest BCUT2D eigenvalue weighted by Gasteiger charge is -2.15. The van der Waals surface area contributed by atoms with E-state index < -0.39 is 0 Å². The van der Waals surface area contributed by atoms with Gasteiger partial charge in [-0.25, -0.2) is 0 Å². The summed E-state index contributed by atoms with van der Waals surface area (Å²) in [7, 11) is 0. The van der Waals surface area contributed by atoms with E-state index in [4.69, 9.17) is 9.47 Å². The highest BCUT2D eigenvalue weighted by Crippen LogP contribution is 2.28. The van der Waals surface area contributed by atoms with Gasteiger partial charge in [0.15, 0.2) is 0 Å². The average Bonchev–Trinajstić information content (AvgIpc) is 2.52. The predicted molar refractivity (Wildman–Crippen MR) is 92.2 cm³/mol. The highest BCUT2D eigenvalue weighted by atomic mass is 16.5. The second kappa shape index (κ2) is 8.32. The highest BCUT2D eigenvalue weighted by Gasteiger charge is 2.07. The minimum atomic E-state index is 0.672. The summed E-state index contributed by atoms with van der Waals surface area (Å²) >= 11 is 0. The third-order valence-electron chi connectivity index (χ3n) is 3.50. The summed E-state index contributed by atoms with van der Waals surface area (Å²) in [4.78, 5) is 0. The first-order valence-electron chi connectivity index (χ1n) is 7.93. The molecule has 0 aliphatic carbocycles. The summed E-state index contributed by atoms with van der Waals surface area (Å²) in [5, 5.41) is 3.50. The molecule has 2 aromatic carbocycles. The SMILES string of the molecule is CCOc1ccccc1CCNc1c(C)cccc1OCC. The Morgan fingerprint density at radius 2 is 1.55 bits per heavy atom. The molecule has 0 radical (unpaired) electrons. The molecule has 0 heterocycles. The van der Waals surface area contributed by atoms with Crippen LogP contribution in [0, 0.1) is 6.92 Å². The van der Waals surface area contributed by atoms with Gasteiger partial charge in [0.2, 0.25) is 0 Å². The summed E-state index contributed by atoms with van der Waals surface area (Å²) in [6, 6.07) is 14.3. The molecule has 0 fully saturated rings. The topological polar surface area (TPSA) is 30.5 Å². The maximum Gasteiger partial charge on any atom is 0.142 e. The minimum Gasteiger partial charge on any atom is -0.494 e. The van der Waals surface area contributed by atoms with Crippen molar-refractivity contribution >= 4 is 5.69 Å². The fraction of sp³-hybridized carbons (Fsp3) is 0.368. The number of hydrogen-bond acceptors (Lipinski definition) is 3. The molecule has 2 aromatic rings. The van der Waals surface area contributed by atoms with E-state index in [9.17, 15) is 0 Å². The zero-order valence-electron chi connectivity index (χ0n) is 13.7. The zero-order chi connectivity index (χ0) is 15.8. The van der Waals surface area contributed by atoms with Crippen molar-refractivity contribution in [1.29, 1.82) is 0 Å². The first-order valence-corrected chi connectivity index (χ1v) is 7.93. The molecule has 0 saturated carbocycles. The van der Waals surface area contributed by atoms with Crippen LogP contribution in [0.4, 0.5) is 5.69 Å². The van der Waals surface area contributed by atoms with E-state index in [2.05, 4.69) is 30.4 Å². The molecule has 3 heteroatoms. The van der Waals surface area contributed by atoms with Gasteiger partial charge in [0, 0.05) is 6.54 Å². The molecule has 22 heavy (non-hydrogen) atoms. The van der Waals surface area contributed by atoms with Gasteiger partial charge in [-0.1, -0.05) is 30.3 Å². The molecule has 0 aliphatic rings. The van der Waals surface area contributed by atoms with E-state index >= 15 is 0 Å². The third kappa shape index (κ3) is 4.17. The van der Waals surface area contributed by atoms with Crippen molar-refractivity contribution in [2.24, 2.45) is 0 Å². The minimum absolute atomic E-state index is 0.672. The molecule has 0 saturated heterocycles. The van der Waals surface area contributed by atoms with Gasteiger partial charge in [0.25, 0.3) is 0 Å². The molecule has 0 unspecified atom stereocenters. The standard InChI is InChI=1S/C19H25NO2/c1-4-21-17-11-7-6-10-16(17)13-14-20-19-15(3)9-8-12-18(19)22-5-2/h6-12,20H,4-5,13-14H2,1-3H3. The summed E-state index contributed by atoms with van der Waals surface area (Å²) in [5.74, 6) is 1.89. The van der Waals surface area contributed by atoms with Gasteiger partial charge < -0.3 is 14.8 Å². The van der Waals surface area contributed by atoms with Gasteiger partial charge >= 0.3 is 0 Å². The molecular formula is C19H25NO2. The molecule has 0 atom stereocenters. The summed E-state index contributed by atoms with van der Waals surface area (Å²) in [6.45, 7) is 8.32. The first kappa shape index (κ1) is 16.2. The Labute approximate surface area is 133 Å². The number of benzene rings is 2. The van der Waals surface area contributed by atoms with Crippen molar-refractivity contribution in [3.05, 3.63) is 53.6 Å². The Morgan fingerprint density at radius 3 is 2.32 bits per heavy atom. The van der Waals surface area contributed by atoms with Crippen LogP contribution in [0.15, 0.2) is 42.5 Å². The van der Waals surface area contributed by atoms with E-state index in [0.717, 1.165) is 30.2 Å². The summed E-state index contributed by atoms with van der Waals surface area (Å²) in [6.07, 6.45) is 0.913. The van der Waals surface area contributed by atoms with Crippen molar-refractivity contribution in [3.63, 3.8) is 0 Å². The maximum atomic E-state index is 5.70. The van der Waals surface area contributed by atoms with Crippen molar-refractivity contribution in [2.75, 3.05) is 25.1 Å². The Kier molecular flexibility index (Phi) is 6.13. The Morgan fingerprint density at radius 1 is 0.864 bits per heavy atom. The van der Waals surface area contributed by atoms with Crippen LogP contribution in [0.25, 0.3) is 0 Å². The van der Waals surface area contributed by atoms with Crippen LogP contribution in [-0.4, -0.2) is 19.8 Å². The second-order valence-electron chi connectivity index (χ2n) is 5.10. The molecule has 0 bridgehead atoms. The van der Waals surface area contributed by atoms with Crippen LogP contribution in [0.1, 0.15) is 25.0 Å². The van der Waals surface area contributed by atoms with E-state index in [1.807, 2.05) is 38.1 Å². The number of rotatable bonds is 8. The van der Waals surface area contributed by atoms with Crippen molar-refractivity contribution in [1.82, 2.24) is 0 Å². The number of aryl methyl sites for hydroxylation is 1. The molecular weight excluding hydrogens is 274 g/mol. The van der Waals surface area contributed by atoms with E-state index in [1.165, 1.54) is 11.1 Å². The smallest absolute Gasteiger partial charge is 0.142 e. The van der Waals surface area contributed by atoms with Crippen LogP contribution in [0.5, 0.6) is 11.5 Å². The maximum absolute atomic E-state index is 5.70. The Hall–Kier alpha value is -2.16. The van der Waals surface area contributed by atoms with Crippen LogP contribution in [0.3, 0.4) is 0 Å². The van der Waals surface area contributed by atoms with E-state index in [-0.39, 0.29) is 0 Å². The number of anilines is 1. The van der Waals surface area contributed by atoms with Crippen LogP contribution in [-0.2, 0) is 6.42 Å². The largest absolute Gasteiger partial charge is 0.494 e. The lowest BCUT2D eigenvalue weighted by Crippen LogP contribution is -2.09. The molecule has 2 rings (SSSR count). The van der Waals surface area contributed by atoms with Gasteiger partial charge in [-0.15, -0.1) is 0 Å². The zero-order valence-corrected chi connectivity index (χ0v) is 13.7. The van der Waals surface area contributed by atoms with E-state index in [0.29, 0.717) is 13.2 Å². The van der Waals surface area contributed by atoms with E-state index in [1.54, 1.807) is 0 Å². The Balaban J connectivity index is 2.02. The molecule has 0 aliphatic heterocycles. The van der Waals surface area contributed by atoms with Gasteiger partial charge in [0.1, 0.15) is 11.5 Å². The normalized spacial score (nSPS) is 10.3. The summed E-state index contributed by atoms with van der Waals surface area (Å²) in [5.41, 5.74) is 3.51. The van der Waals surface area contributed by atoms with Crippen LogP contribution < -0.4 is 14.8 Å². The predicted octanol–water partition coefficient (Wildman–Crippen LogP) is 4.45. The fourth-order valence-corrected chi connectivity index (χ4v) is 2.47. The van der Waals surface area contributed by atoms with Gasteiger partial charge in [-0.3, -0.25) is 0 Å². The number of para-hydroxylation sites is 2. The quantitative estimate of drug-likeness (QED) is 0.781. The van der Waals surface area contributed by atoms with Gasteiger partial charge in [0.05, 0.1) is 18.9 Å². The van der Waals surface area contributed by atoms with Crippen molar-refractivity contribution in [3.8, 4) is 11.5 Å². The monoisotopic (exact) mass is 299 g/mol. The lowest BCUT2D eigenvalue weighted by atomic mass is 10.1. The molecule has 3 nitrogen and oxygen atoms in total. The first-order chi connectivity index (χ1) is 10.8. The summed E-state index contributed by atoms with van der Waals surface area (Å²) < 4.78 is 11.4. The van der Waals surface area contributed by atoms with Crippen molar-refractivity contribution < 1.29 is 9.47 Å². The second-order valence-corrected chi connectivity index (χ2v) is 5.10. The lowest BCUT2D eigenvalue weighted by molar-refractivity contribution is 0.336. The van der Waals surface area contributed by atoms with Gasteiger partial charge in [-0.05, 0) is 50.5 Å². The molecule has 0 amide bonds. The average molecular weight is 299 g/mol. The van der Waals surface area contributed by atoms with Gasteiger partial charge in [-0.2, -0.15) is 0 Å². The molecule has 118 valence electrons. The number of ether oxygens (including phenoxy) is 2. The number of hydrogen-bond donors (Lipinski definition) is 1. The fourth-order valence-electron chi connectivity index (χ4n) is 2.47. The number of nitrogens with one attached hydrogen (secondary N) is 1. The van der Waals surface area contributed by atoms with Crippen LogP contribution >= 0.6 is 0 Å². The molecule has 0 aromatic heterocycles. The Bertz CT molecular complexity index is 596. The van der Waals surface area contributed by atoms with Crippen LogP contribution in [0.2, 0.25) is 0 Å². The highest BCUT2D eigenvalue weighted by molar-refractivity contribution is 5.61.